The van der Waals surface area contributed by atoms with Crippen LogP contribution in [0.1, 0.15) is 19.4 Å². The van der Waals surface area contributed by atoms with E-state index in [0.29, 0.717) is 0 Å². The first-order chi connectivity index (χ1) is 5.34. The maximum atomic E-state index is 4.96. The van der Waals surface area contributed by atoms with Gasteiger partial charge in [0.1, 0.15) is 5.75 Å². The highest BCUT2D eigenvalue weighted by Crippen LogP contribution is 2.17. The van der Waals surface area contributed by atoms with Crippen molar-refractivity contribution < 1.29 is 4.52 Å². The molecule has 0 spiro atoms. The number of benzene rings is 1. The third-order valence-electron chi connectivity index (χ3n) is 1.22. The van der Waals surface area contributed by atoms with E-state index in [0.717, 1.165) is 11.3 Å². The second-order valence-electron chi connectivity index (χ2n) is 1.88. The molecule has 0 aliphatic carbocycles. The van der Waals surface area contributed by atoms with Crippen LogP contribution in [0.25, 0.3) is 0 Å². The minimum absolute atomic E-state index is 0.919. The minimum Gasteiger partial charge on any atom is -0.480 e. The predicted molar refractivity (Wildman–Crippen MR) is 52.9 cm³/mol. The molecule has 1 aromatic carbocycles. The van der Waals surface area contributed by atoms with Gasteiger partial charge in [-0.2, -0.15) is 0 Å². The van der Waals surface area contributed by atoms with Crippen molar-refractivity contribution in [3.8, 4) is 5.75 Å². The molecule has 0 saturated carbocycles. The van der Waals surface area contributed by atoms with Gasteiger partial charge in [-0.3, -0.25) is 0 Å². The normalized spacial score (nSPS) is 8.00. The summed E-state index contributed by atoms with van der Waals surface area (Å²) in [5, 5.41) is 0. The van der Waals surface area contributed by atoms with Gasteiger partial charge in [0.25, 0.3) is 0 Å². The van der Waals surface area contributed by atoms with Gasteiger partial charge in [-0.05, 0) is 18.6 Å². The van der Waals surface area contributed by atoms with E-state index >= 15 is 0 Å². The Bertz CT molecular complexity index is 199. The highest BCUT2D eigenvalue weighted by atomic mass is 31.0. The van der Waals surface area contributed by atoms with Crippen LogP contribution in [0.4, 0.5) is 0 Å². The maximum Gasteiger partial charge on any atom is 0.125 e. The molecule has 0 aromatic heterocycles. The Hall–Kier alpha value is -0.550. The van der Waals surface area contributed by atoms with E-state index in [1.807, 2.05) is 45.0 Å². The zero-order valence-electron chi connectivity index (χ0n) is 7.29. The molecule has 0 fully saturated rings. The topological polar surface area (TPSA) is 9.23 Å². The van der Waals surface area contributed by atoms with Crippen LogP contribution in [0, 0.1) is 6.92 Å². The summed E-state index contributed by atoms with van der Waals surface area (Å²) < 4.78 is 4.96. The van der Waals surface area contributed by atoms with Gasteiger partial charge in [-0.1, -0.05) is 32.0 Å². The quantitative estimate of drug-likeness (QED) is 0.588. The molecule has 1 aromatic rings. The molecular weight excluding hydrogens is 155 g/mol. The molecule has 0 saturated heterocycles. The zero-order chi connectivity index (χ0) is 8.69. The lowest BCUT2D eigenvalue weighted by Gasteiger charge is -2.00. The Morgan fingerprint density at radius 3 is 2.09 bits per heavy atom. The molecule has 1 atom stereocenters. The second-order valence-corrected chi connectivity index (χ2v) is 2.12. The average molecular weight is 170 g/mol. The van der Waals surface area contributed by atoms with Gasteiger partial charge in [0.2, 0.25) is 0 Å². The number of rotatable bonds is 1. The van der Waals surface area contributed by atoms with Crippen LogP contribution in [0.5, 0.6) is 5.75 Å². The van der Waals surface area contributed by atoms with E-state index < -0.39 is 0 Å². The predicted octanol–water partition coefficient (Wildman–Crippen LogP) is 3.19. The Morgan fingerprint density at radius 2 is 1.73 bits per heavy atom. The average Bonchev–Trinajstić information content (AvgIpc) is 2.09. The number of hydrogen-bond donors (Lipinski definition) is 0. The van der Waals surface area contributed by atoms with Crippen LogP contribution in [-0.4, -0.2) is 0 Å². The Morgan fingerprint density at radius 1 is 1.18 bits per heavy atom. The standard InChI is InChI=1S/C7H9OP.C2H6/c1-6-4-2-3-5-7(6)8-9;1-2/h2-5H,9H2,1H3;1-2H3. The van der Waals surface area contributed by atoms with Crippen molar-refractivity contribution in [2.75, 3.05) is 0 Å². The van der Waals surface area contributed by atoms with Crippen LogP contribution in [0.2, 0.25) is 0 Å². The lowest BCUT2D eigenvalue weighted by Crippen LogP contribution is -1.77. The SMILES string of the molecule is CC.Cc1ccccc1OP. The van der Waals surface area contributed by atoms with Crippen molar-refractivity contribution in [2.24, 2.45) is 0 Å². The summed E-state index contributed by atoms with van der Waals surface area (Å²) >= 11 is 0. The van der Waals surface area contributed by atoms with Gasteiger partial charge >= 0.3 is 0 Å². The van der Waals surface area contributed by atoms with Crippen LogP contribution in [0.3, 0.4) is 0 Å². The van der Waals surface area contributed by atoms with Gasteiger partial charge in [-0.25, -0.2) is 0 Å². The molecule has 0 heterocycles. The van der Waals surface area contributed by atoms with Crippen LogP contribution in [0.15, 0.2) is 24.3 Å². The van der Waals surface area contributed by atoms with Gasteiger partial charge in [0.15, 0.2) is 0 Å². The third kappa shape index (κ3) is 3.38. The summed E-state index contributed by atoms with van der Waals surface area (Å²) in [7, 11) is 2.23. The highest BCUT2D eigenvalue weighted by Gasteiger charge is 1.91. The molecular formula is C9H15OP. The van der Waals surface area contributed by atoms with Gasteiger partial charge in [0, 0.05) is 0 Å². The number of para-hydroxylation sites is 1. The summed E-state index contributed by atoms with van der Waals surface area (Å²) in [4.78, 5) is 0. The monoisotopic (exact) mass is 170 g/mol. The van der Waals surface area contributed by atoms with Gasteiger partial charge < -0.3 is 4.52 Å². The van der Waals surface area contributed by atoms with E-state index in [9.17, 15) is 0 Å². The molecule has 1 unspecified atom stereocenters. The first kappa shape index (κ1) is 10.4. The van der Waals surface area contributed by atoms with Crippen molar-refractivity contribution in [1.29, 1.82) is 0 Å². The lowest BCUT2D eigenvalue weighted by atomic mass is 10.2. The molecule has 0 amide bonds. The summed E-state index contributed by atoms with van der Waals surface area (Å²) in [5.41, 5.74) is 1.16. The highest BCUT2D eigenvalue weighted by molar-refractivity contribution is 7.10. The molecule has 0 radical (unpaired) electrons. The lowest BCUT2D eigenvalue weighted by molar-refractivity contribution is 0.640. The third-order valence-corrected chi connectivity index (χ3v) is 1.47. The molecule has 2 heteroatoms. The summed E-state index contributed by atoms with van der Waals surface area (Å²) in [5.74, 6) is 0.919. The van der Waals surface area contributed by atoms with E-state index in [-0.39, 0.29) is 0 Å². The molecule has 0 aliphatic rings. The summed E-state index contributed by atoms with van der Waals surface area (Å²) in [6.45, 7) is 6.01. The molecule has 1 rings (SSSR count). The second kappa shape index (κ2) is 6.18. The maximum absolute atomic E-state index is 4.96. The molecule has 62 valence electrons. The Balaban J connectivity index is 0.000000461. The fourth-order valence-electron chi connectivity index (χ4n) is 0.689. The van der Waals surface area contributed by atoms with E-state index in [1.54, 1.807) is 0 Å². The molecule has 0 aliphatic heterocycles. The van der Waals surface area contributed by atoms with E-state index in [2.05, 4.69) is 9.47 Å². The molecule has 11 heavy (non-hydrogen) atoms. The van der Waals surface area contributed by atoms with Gasteiger partial charge in [-0.15, -0.1) is 0 Å². The van der Waals surface area contributed by atoms with Crippen molar-refractivity contribution in [3.63, 3.8) is 0 Å². The van der Waals surface area contributed by atoms with Crippen LogP contribution < -0.4 is 4.52 Å². The zero-order valence-corrected chi connectivity index (χ0v) is 8.45. The van der Waals surface area contributed by atoms with Crippen LogP contribution >= 0.6 is 9.47 Å². The minimum atomic E-state index is 0.919. The summed E-state index contributed by atoms with van der Waals surface area (Å²) in [6.07, 6.45) is 0. The molecule has 0 bridgehead atoms. The first-order valence-electron chi connectivity index (χ1n) is 3.77. The Kier molecular flexibility index (Phi) is 5.87. The smallest absolute Gasteiger partial charge is 0.125 e. The van der Waals surface area contributed by atoms with Crippen molar-refractivity contribution in [2.45, 2.75) is 20.8 Å². The largest absolute Gasteiger partial charge is 0.480 e. The number of hydrogen-bond acceptors (Lipinski definition) is 1. The summed E-state index contributed by atoms with van der Waals surface area (Å²) in [6, 6.07) is 7.89. The molecule has 1 nitrogen and oxygen atoms in total. The Labute approximate surface area is 71.1 Å². The van der Waals surface area contributed by atoms with E-state index in [1.165, 1.54) is 0 Å². The first-order valence-corrected chi connectivity index (χ1v) is 4.24. The van der Waals surface area contributed by atoms with Crippen molar-refractivity contribution >= 4 is 9.47 Å². The fourth-order valence-corrected chi connectivity index (χ4v) is 0.953. The van der Waals surface area contributed by atoms with Crippen molar-refractivity contribution in [3.05, 3.63) is 29.8 Å². The van der Waals surface area contributed by atoms with Crippen molar-refractivity contribution in [1.82, 2.24) is 0 Å². The number of aryl methyl sites for hydroxylation is 1. The van der Waals surface area contributed by atoms with Gasteiger partial charge in [0.05, 0.1) is 9.47 Å². The van der Waals surface area contributed by atoms with Crippen LogP contribution in [-0.2, 0) is 0 Å². The van der Waals surface area contributed by atoms with E-state index in [4.69, 9.17) is 4.52 Å². The fraction of sp³-hybridized carbons (Fsp3) is 0.333. The molecule has 0 N–H and O–H groups in total.